The Hall–Kier alpha value is -4.09. The maximum atomic E-state index is 9.73. The molecule has 0 atom stereocenters. The topological polar surface area (TPSA) is 53.3 Å². The molecule has 2 N–H and O–H groups in total. The second kappa shape index (κ2) is 9.28. The zero-order valence-electron chi connectivity index (χ0n) is 19.5. The Labute approximate surface area is 205 Å². The molecule has 0 amide bonds. The Morgan fingerprint density at radius 2 is 1.37 bits per heavy atom. The number of aromatic nitrogens is 2. The molecule has 1 aliphatic rings. The minimum absolute atomic E-state index is 0.153. The van der Waals surface area contributed by atoms with Crippen molar-refractivity contribution in [1.29, 1.82) is 0 Å². The normalized spacial score (nSPS) is 14.4. The molecular weight excluding hydrogens is 432 g/mol. The molecule has 4 aromatic carbocycles. The molecule has 1 fully saturated rings. The van der Waals surface area contributed by atoms with Gasteiger partial charge in [-0.1, -0.05) is 42.5 Å². The van der Waals surface area contributed by atoms with Gasteiger partial charge in [-0.2, -0.15) is 5.10 Å². The molecule has 5 heteroatoms. The van der Waals surface area contributed by atoms with Crippen molar-refractivity contribution < 1.29 is 5.11 Å². The maximum absolute atomic E-state index is 9.73. The second-order valence-electron chi connectivity index (χ2n) is 9.13. The molecule has 174 valence electrons. The first kappa shape index (κ1) is 21.4. The van der Waals surface area contributed by atoms with Crippen LogP contribution in [0.15, 0.2) is 103 Å². The first-order valence-corrected chi connectivity index (χ1v) is 12.2. The molecule has 1 saturated heterocycles. The van der Waals surface area contributed by atoms with Gasteiger partial charge in [-0.25, -0.2) is 4.68 Å². The summed E-state index contributed by atoms with van der Waals surface area (Å²) < 4.78 is 1.98. The van der Waals surface area contributed by atoms with Gasteiger partial charge in [0.05, 0.1) is 23.5 Å². The van der Waals surface area contributed by atoms with E-state index in [1.165, 1.54) is 16.8 Å². The number of aliphatic hydroxyl groups is 1. The van der Waals surface area contributed by atoms with Crippen LogP contribution >= 0.6 is 0 Å². The number of nitrogens with zero attached hydrogens (tertiary/aromatic N) is 3. The van der Waals surface area contributed by atoms with Gasteiger partial charge in [-0.15, -0.1) is 0 Å². The van der Waals surface area contributed by atoms with E-state index in [0.717, 1.165) is 53.9 Å². The third kappa shape index (κ3) is 4.51. The molecule has 0 saturated carbocycles. The fraction of sp³-hybridized carbons (Fsp3) is 0.167. The third-order valence-electron chi connectivity index (χ3n) is 6.77. The first-order valence-electron chi connectivity index (χ1n) is 12.2. The SMILES string of the molecule is OC1CCN(c2ccc(Nc3ccc4c(cnn4-c4ccc(-c5ccccc5)cc4)c3)cc2)CC1. The lowest BCUT2D eigenvalue weighted by Crippen LogP contribution is -2.35. The van der Waals surface area contributed by atoms with Gasteiger partial charge in [0.2, 0.25) is 0 Å². The smallest absolute Gasteiger partial charge is 0.0742 e. The van der Waals surface area contributed by atoms with Crippen molar-refractivity contribution >= 4 is 28.0 Å². The van der Waals surface area contributed by atoms with Crippen molar-refractivity contribution in [3.8, 4) is 16.8 Å². The molecule has 0 spiro atoms. The molecule has 5 nitrogen and oxygen atoms in total. The van der Waals surface area contributed by atoms with Gasteiger partial charge in [0.1, 0.15) is 0 Å². The van der Waals surface area contributed by atoms with Crippen molar-refractivity contribution in [3.63, 3.8) is 0 Å². The van der Waals surface area contributed by atoms with Crippen LogP contribution in [0.25, 0.3) is 27.7 Å². The number of hydrogen-bond acceptors (Lipinski definition) is 4. The number of hydrogen-bond donors (Lipinski definition) is 2. The average Bonchev–Trinajstić information content (AvgIpc) is 3.34. The van der Waals surface area contributed by atoms with E-state index in [2.05, 4.69) is 106 Å². The lowest BCUT2D eigenvalue weighted by atomic mass is 10.1. The molecule has 35 heavy (non-hydrogen) atoms. The van der Waals surface area contributed by atoms with Crippen molar-refractivity contribution in [3.05, 3.63) is 103 Å². The summed E-state index contributed by atoms with van der Waals surface area (Å²) in [6, 6.07) is 33.8. The predicted octanol–water partition coefficient (Wildman–Crippen LogP) is 6.40. The summed E-state index contributed by atoms with van der Waals surface area (Å²) in [4.78, 5) is 2.34. The van der Waals surface area contributed by atoms with Crippen LogP contribution in [0.2, 0.25) is 0 Å². The second-order valence-corrected chi connectivity index (χ2v) is 9.13. The van der Waals surface area contributed by atoms with Gasteiger partial charge < -0.3 is 15.3 Å². The van der Waals surface area contributed by atoms with Gasteiger partial charge >= 0.3 is 0 Å². The van der Waals surface area contributed by atoms with Crippen molar-refractivity contribution in [2.45, 2.75) is 18.9 Å². The fourth-order valence-electron chi connectivity index (χ4n) is 4.79. The Balaban J connectivity index is 1.18. The molecule has 1 aliphatic heterocycles. The van der Waals surface area contributed by atoms with Crippen LogP contribution in [-0.4, -0.2) is 34.1 Å². The number of rotatable bonds is 5. The number of nitrogens with one attached hydrogen (secondary N) is 1. The summed E-state index contributed by atoms with van der Waals surface area (Å²) in [5.74, 6) is 0. The molecule has 5 aromatic rings. The van der Waals surface area contributed by atoms with E-state index in [1.807, 2.05) is 16.9 Å². The zero-order chi connectivity index (χ0) is 23.6. The van der Waals surface area contributed by atoms with Crippen LogP contribution in [0.4, 0.5) is 17.1 Å². The highest BCUT2D eigenvalue weighted by Crippen LogP contribution is 2.27. The van der Waals surface area contributed by atoms with E-state index < -0.39 is 0 Å². The number of aliphatic hydroxyl groups excluding tert-OH is 1. The van der Waals surface area contributed by atoms with Gasteiger partial charge in [-0.05, 0) is 78.6 Å². The molecule has 0 aliphatic carbocycles. The summed E-state index contributed by atoms with van der Waals surface area (Å²) in [5, 5.41) is 19.0. The molecule has 6 rings (SSSR count). The van der Waals surface area contributed by atoms with E-state index in [9.17, 15) is 5.11 Å². The highest BCUT2D eigenvalue weighted by atomic mass is 16.3. The van der Waals surface area contributed by atoms with Crippen molar-refractivity contribution in [1.82, 2.24) is 9.78 Å². The largest absolute Gasteiger partial charge is 0.393 e. The van der Waals surface area contributed by atoms with Gasteiger partial charge in [0, 0.05) is 35.5 Å². The number of benzene rings is 4. The molecule has 0 radical (unpaired) electrons. The fourth-order valence-corrected chi connectivity index (χ4v) is 4.79. The van der Waals surface area contributed by atoms with E-state index in [0.29, 0.717) is 0 Å². The van der Waals surface area contributed by atoms with Crippen LogP contribution in [0.1, 0.15) is 12.8 Å². The summed E-state index contributed by atoms with van der Waals surface area (Å²) in [6.45, 7) is 1.81. The number of fused-ring (bicyclic) bond motifs is 1. The van der Waals surface area contributed by atoms with E-state index >= 15 is 0 Å². The molecule has 2 heterocycles. The van der Waals surface area contributed by atoms with Crippen LogP contribution in [0.5, 0.6) is 0 Å². The Bertz CT molecular complexity index is 1420. The van der Waals surface area contributed by atoms with E-state index in [1.54, 1.807) is 0 Å². The lowest BCUT2D eigenvalue weighted by molar-refractivity contribution is 0.145. The van der Waals surface area contributed by atoms with Crippen LogP contribution in [0, 0.1) is 0 Å². The minimum Gasteiger partial charge on any atom is -0.393 e. The Kier molecular flexibility index (Phi) is 5.68. The average molecular weight is 461 g/mol. The van der Waals surface area contributed by atoms with Gasteiger partial charge in [-0.3, -0.25) is 0 Å². The first-order chi connectivity index (χ1) is 17.2. The summed E-state index contributed by atoms with van der Waals surface area (Å²) in [5.41, 5.74) is 7.81. The summed E-state index contributed by atoms with van der Waals surface area (Å²) in [6.07, 6.45) is 3.44. The monoisotopic (exact) mass is 460 g/mol. The molecule has 0 bridgehead atoms. The quantitative estimate of drug-likeness (QED) is 0.319. The number of piperidine rings is 1. The van der Waals surface area contributed by atoms with Crippen molar-refractivity contribution in [2.75, 3.05) is 23.3 Å². The molecule has 1 aromatic heterocycles. The van der Waals surface area contributed by atoms with Crippen LogP contribution in [0.3, 0.4) is 0 Å². The maximum Gasteiger partial charge on any atom is 0.0742 e. The highest BCUT2D eigenvalue weighted by Gasteiger charge is 2.17. The van der Waals surface area contributed by atoms with E-state index in [4.69, 9.17) is 0 Å². The molecular formula is C30H28N4O. The minimum atomic E-state index is -0.153. The number of anilines is 3. The third-order valence-corrected chi connectivity index (χ3v) is 6.77. The Morgan fingerprint density at radius 1 is 0.714 bits per heavy atom. The van der Waals surface area contributed by atoms with Gasteiger partial charge in [0.25, 0.3) is 0 Å². The van der Waals surface area contributed by atoms with E-state index in [-0.39, 0.29) is 6.10 Å². The summed E-state index contributed by atoms with van der Waals surface area (Å²) in [7, 11) is 0. The standard InChI is InChI=1S/C30H28N4O/c35-29-16-18-33(19-17-29)27-13-8-25(9-14-27)32-26-10-15-30-24(20-26)21-31-34(30)28-11-6-23(7-12-28)22-4-2-1-3-5-22/h1-15,20-21,29,32,35H,16-19H2. The van der Waals surface area contributed by atoms with Crippen molar-refractivity contribution in [2.24, 2.45) is 0 Å². The highest BCUT2D eigenvalue weighted by molar-refractivity contribution is 5.85. The molecule has 0 unspecified atom stereocenters. The van der Waals surface area contributed by atoms with Crippen LogP contribution < -0.4 is 10.2 Å². The van der Waals surface area contributed by atoms with Crippen LogP contribution in [-0.2, 0) is 0 Å². The lowest BCUT2D eigenvalue weighted by Gasteiger charge is -2.31. The zero-order valence-corrected chi connectivity index (χ0v) is 19.5. The Morgan fingerprint density at radius 3 is 2.11 bits per heavy atom. The summed E-state index contributed by atoms with van der Waals surface area (Å²) >= 11 is 0. The predicted molar refractivity (Wildman–Crippen MR) is 144 cm³/mol. The van der Waals surface area contributed by atoms with Gasteiger partial charge in [0.15, 0.2) is 0 Å².